The standard InChI is InChI=1S/C22H25N3O5S/c26-21(24-17-9-10-17)15-4-1-6-18(12-15)25-22(27)16-5-2-8-20(13-16)31(28,29)23-14-19-7-3-11-30-19/h1-2,4-6,8,12-13,17,19,23H,3,7,9-11,14H2,(H,24,26)(H,25,27)/t19-/m1/s1. The Balaban J connectivity index is 1.42. The number of rotatable bonds is 8. The van der Waals surface area contributed by atoms with Crippen molar-refractivity contribution in [3.8, 4) is 0 Å². The average molecular weight is 444 g/mol. The van der Waals surface area contributed by atoms with Gasteiger partial charge in [0.15, 0.2) is 0 Å². The Bertz CT molecular complexity index is 1080. The van der Waals surface area contributed by atoms with Crippen molar-refractivity contribution in [3.63, 3.8) is 0 Å². The highest BCUT2D eigenvalue weighted by molar-refractivity contribution is 7.89. The topological polar surface area (TPSA) is 114 Å². The molecule has 164 valence electrons. The summed E-state index contributed by atoms with van der Waals surface area (Å²) in [5.74, 6) is -0.639. The molecule has 8 nitrogen and oxygen atoms in total. The number of carbonyl (C=O) groups excluding carboxylic acids is 2. The summed E-state index contributed by atoms with van der Waals surface area (Å²) in [6.07, 6.45) is 3.60. The van der Waals surface area contributed by atoms with Gasteiger partial charge in [0.2, 0.25) is 10.0 Å². The van der Waals surface area contributed by atoms with E-state index in [9.17, 15) is 18.0 Å². The fourth-order valence-electron chi connectivity index (χ4n) is 3.33. The van der Waals surface area contributed by atoms with Crippen molar-refractivity contribution >= 4 is 27.5 Å². The summed E-state index contributed by atoms with van der Waals surface area (Å²) in [5, 5.41) is 5.63. The molecule has 0 spiro atoms. The van der Waals surface area contributed by atoms with E-state index in [1.54, 1.807) is 24.3 Å². The molecular formula is C22H25N3O5S. The fourth-order valence-corrected chi connectivity index (χ4v) is 4.45. The third-order valence-corrected chi connectivity index (χ3v) is 6.65. The first-order valence-corrected chi connectivity index (χ1v) is 11.8. The molecule has 1 atom stereocenters. The minimum absolute atomic E-state index is 0.00992. The van der Waals surface area contributed by atoms with E-state index in [0.717, 1.165) is 25.7 Å². The minimum Gasteiger partial charge on any atom is -0.377 e. The number of hydrogen-bond donors (Lipinski definition) is 3. The van der Waals surface area contributed by atoms with Gasteiger partial charge in [0.1, 0.15) is 0 Å². The minimum atomic E-state index is -3.76. The molecule has 2 aromatic carbocycles. The van der Waals surface area contributed by atoms with Gasteiger partial charge in [-0.15, -0.1) is 0 Å². The molecule has 1 saturated heterocycles. The molecule has 2 fully saturated rings. The molecule has 1 saturated carbocycles. The predicted molar refractivity (Wildman–Crippen MR) is 115 cm³/mol. The third kappa shape index (κ3) is 5.69. The van der Waals surface area contributed by atoms with Crippen LogP contribution in [0.5, 0.6) is 0 Å². The van der Waals surface area contributed by atoms with Gasteiger partial charge in [-0.2, -0.15) is 0 Å². The van der Waals surface area contributed by atoms with Crippen LogP contribution in [0.25, 0.3) is 0 Å². The van der Waals surface area contributed by atoms with Crippen molar-refractivity contribution in [1.82, 2.24) is 10.0 Å². The Hall–Kier alpha value is -2.75. The number of benzene rings is 2. The monoisotopic (exact) mass is 443 g/mol. The first kappa shape index (κ1) is 21.5. The van der Waals surface area contributed by atoms with Crippen LogP contribution in [0.1, 0.15) is 46.4 Å². The number of sulfonamides is 1. The van der Waals surface area contributed by atoms with E-state index in [4.69, 9.17) is 4.74 Å². The Morgan fingerprint density at radius 3 is 2.42 bits per heavy atom. The predicted octanol–water partition coefficient (Wildman–Crippen LogP) is 2.29. The van der Waals surface area contributed by atoms with Crippen molar-refractivity contribution in [2.75, 3.05) is 18.5 Å². The van der Waals surface area contributed by atoms with Crippen molar-refractivity contribution in [1.29, 1.82) is 0 Å². The van der Waals surface area contributed by atoms with E-state index in [1.807, 2.05) is 0 Å². The Morgan fingerprint density at radius 1 is 0.968 bits per heavy atom. The molecule has 0 bridgehead atoms. The highest BCUT2D eigenvalue weighted by Crippen LogP contribution is 2.20. The molecule has 9 heteroatoms. The van der Waals surface area contributed by atoms with E-state index in [0.29, 0.717) is 17.9 Å². The van der Waals surface area contributed by atoms with E-state index < -0.39 is 15.9 Å². The molecule has 0 radical (unpaired) electrons. The van der Waals surface area contributed by atoms with Crippen LogP contribution in [0.3, 0.4) is 0 Å². The Kier molecular flexibility index (Phi) is 6.35. The van der Waals surface area contributed by atoms with Crippen molar-refractivity contribution in [2.24, 2.45) is 0 Å². The number of anilines is 1. The van der Waals surface area contributed by atoms with Gasteiger partial charge >= 0.3 is 0 Å². The van der Waals surface area contributed by atoms with Crippen LogP contribution in [0, 0.1) is 0 Å². The lowest BCUT2D eigenvalue weighted by Crippen LogP contribution is -2.32. The second-order valence-electron chi connectivity index (χ2n) is 7.80. The maximum atomic E-state index is 12.7. The lowest BCUT2D eigenvalue weighted by Gasteiger charge is -2.12. The maximum absolute atomic E-state index is 12.7. The summed E-state index contributed by atoms with van der Waals surface area (Å²) in [5.41, 5.74) is 1.12. The Morgan fingerprint density at radius 2 is 1.71 bits per heavy atom. The van der Waals surface area contributed by atoms with Gasteiger partial charge in [0.25, 0.3) is 11.8 Å². The summed E-state index contributed by atoms with van der Waals surface area (Å²) >= 11 is 0. The van der Waals surface area contributed by atoms with Gasteiger partial charge in [-0.25, -0.2) is 13.1 Å². The zero-order valence-corrected chi connectivity index (χ0v) is 17.8. The molecule has 1 aliphatic carbocycles. The summed E-state index contributed by atoms with van der Waals surface area (Å²) < 4.78 is 33.2. The van der Waals surface area contributed by atoms with Gasteiger partial charge < -0.3 is 15.4 Å². The summed E-state index contributed by atoms with van der Waals surface area (Å²) in [6.45, 7) is 0.847. The quantitative estimate of drug-likeness (QED) is 0.579. The van der Waals surface area contributed by atoms with Crippen LogP contribution in [0.2, 0.25) is 0 Å². The highest BCUT2D eigenvalue weighted by atomic mass is 32.2. The lowest BCUT2D eigenvalue weighted by molar-refractivity contribution is 0.0949. The second-order valence-corrected chi connectivity index (χ2v) is 9.56. The molecular weight excluding hydrogens is 418 g/mol. The lowest BCUT2D eigenvalue weighted by atomic mass is 10.1. The number of nitrogens with one attached hydrogen (secondary N) is 3. The van der Waals surface area contributed by atoms with Crippen LogP contribution >= 0.6 is 0 Å². The summed E-state index contributed by atoms with van der Waals surface area (Å²) in [7, 11) is -3.76. The molecule has 1 heterocycles. The molecule has 0 aromatic heterocycles. The largest absolute Gasteiger partial charge is 0.377 e. The van der Waals surface area contributed by atoms with Gasteiger partial charge in [-0.1, -0.05) is 12.1 Å². The van der Waals surface area contributed by atoms with E-state index in [-0.39, 0.29) is 35.1 Å². The molecule has 31 heavy (non-hydrogen) atoms. The molecule has 1 aliphatic heterocycles. The van der Waals surface area contributed by atoms with Crippen LogP contribution < -0.4 is 15.4 Å². The smallest absolute Gasteiger partial charge is 0.255 e. The van der Waals surface area contributed by atoms with E-state index in [1.165, 1.54) is 24.3 Å². The van der Waals surface area contributed by atoms with Gasteiger partial charge in [0, 0.05) is 36.0 Å². The number of amides is 2. The van der Waals surface area contributed by atoms with Crippen LogP contribution in [-0.2, 0) is 14.8 Å². The zero-order valence-electron chi connectivity index (χ0n) is 17.0. The van der Waals surface area contributed by atoms with Crippen molar-refractivity contribution in [3.05, 3.63) is 59.7 Å². The number of hydrogen-bond acceptors (Lipinski definition) is 5. The average Bonchev–Trinajstić information content (AvgIpc) is 3.42. The first-order chi connectivity index (χ1) is 14.9. The summed E-state index contributed by atoms with van der Waals surface area (Å²) in [6, 6.07) is 12.7. The van der Waals surface area contributed by atoms with E-state index >= 15 is 0 Å². The van der Waals surface area contributed by atoms with Crippen molar-refractivity contribution in [2.45, 2.75) is 42.7 Å². The van der Waals surface area contributed by atoms with Crippen LogP contribution in [0.4, 0.5) is 5.69 Å². The molecule has 2 amide bonds. The van der Waals surface area contributed by atoms with Gasteiger partial charge in [-0.3, -0.25) is 9.59 Å². The van der Waals surface area contributed by atoms with Crippen LogP contribution in [0.15, 0.2) is 53.4 Å². The fraction of sp³-hybridized carbons (Fsp3) is 0.364. The van der Waals surface area contributed by atoms with E-state index in [2.05, 4.69) is 15.4 Å². The molecule has 4 rings (SSSR count). The molecule has 2 aromatic rings. The van der Waals surface area contributed by atoms with Gasteiger partial charge in [0.05, 0.1) is 11.0 Å². The normalized spacial score (nSPS) is 18.5. The second kappa shape index (κ2) is 9.17. The molecule has 2 aliphatic rings. The molecule has 0 unspecified atom stereocenters. The SMILES string of the molecule is O=C(Nc1cccc(C(=O)NC2CC2)c1)c1cccc(S(=O)(=O)NC[C@H]2CCCO2)c1. The van der Waals surface area contributed by atoms with Crippen LogP contribution in [-0.4, -0.2) is 45.5 Å². The summed E-state index contributed by atoms with van der Waals surface area (Å²) in [4.78, 5) is 24.9. The number of carbonyl (C=O) groups is 2. The zero-order chi connectivity index (χ0) is 21.8. The third-order valence-electron chi connectivity index (χ3n) is 5.23. The maximum Gasteiger partial charge on any atom is 0.255 e. The highest BCUT2D eigenvalue weighted by Gasteiger charge is 2.24. The first-order valence-electron chi connectivity index (χ1n) is 10.3. The Labute approximate surface area is 181 Å². The number of ether oxygens (including phenoxy) is 1. The molecule has 3 N–H and O–H groups in total. The van der Waals surface area contributed by atoms with Gasteiger partial charge in [-0.05, 0) is 62.1 Å². The van der Waals surface area contributed by atoms with Crippen molar-refractivity contribution < 1.29 is 22.7 Å².